The summed E-state index contributed by atoms with van der Waals surface area (Å²) in [4.78, 5) is 72.4. The summed E-state index contributed by atoms with van der Waals surface area (Å²) in [5.41, 5.74) is 3.58. The first kappa shape index (κ1) is 33.0. The second kappa shape index (κ2) is 13.1. The Hall–Kier alpha value is -6.51. The second-order valence-electron chi connectivity index (χ2n) is 13.1. The number of aromatic nitrogens is 3. The van der Waals surface area contributed by atoms with Gasteiger partial charge in [-0.25, -0.2) is 14.8 Å². The fourth-order valence-corrected chi connectivity index (χ4v) is 5.95. The van der Waals surface area contributed by atoms with Crippen LogP contribution in [0.1, 0.15) is 60.1 Å². The Kier molecular flexibility index (Phi) is 8.46. The van der Waals surface area contributed by atoms with Crippen LogP contribution < -0.4 is 26.0 Å². The normalized spacial score (nSPS) is 15.9. The highest BCUT2D eigenvalue weighted by atomic mass is 16.5. The number of oxazole rings is 1. The van der Waals surface area contributed by atoms with Crippen molar-refractivity contribution < 1.29 is 33.1 Å². The predicted molar refractivity (Wildman–Crippen MR) is 186 cm³/mol. The summed E-state index contributed by atoms with van der Waals surface area (Å²) in [7, 11) is 0. The average molecular weight is 691 g/mol. The Labute approximate surface area is 291 Å². The molecular formula is C36H34N8O7. The molecule has 1 saturated heterocycles. The van der Waals surface area contributed by atoms with Gasteiger partial charge in [0.15, 0.2) is 0 Å². The number of ether oxygens (including phenoxy) is 1. The molecule has 2 aromatic heterocycles. The van der Waals surface area contributed by atoms with E-state index in [2.05, 4.69) is 31.2 Å². The number of rotatable bonds is 9. The topological polar surface area (TPSA) is 190 Å². The van der Waals surface area contributed by atoms with Crippen LogP contribution in [0.3, 0.4) is 0 Å². The van der Waals surface area contributed by atoms with Crippen molar-refractivity contribution >= 4 is 58.1 Å². The Morgan fingerprint density at radius 3 is 2.55 bits per heavy atom. The minimum atomic E-state index is -1.03. The fourth-order valence-electron chi connectivity index (χ4n) is 5.95. The van der Waals surface area contributed by atoms with Gasteiger partial charge >= 0.3 is 12.0 Å². The van der Waals surface area contributed by atoms with Crippen molar-refractivity contribution in [3.8, 4) is 11.4 Å². The molecule has 2 aliphatic rings. The number of fused-ring (bicyclic) bond motifs is 2. The maximum atomic E-state index is 13.3. The molecule has 5 aromatic rings. The highest BCUT2D eigenvalue weighted by Crippen LogP contribution is 2.32. The summed E-state index contributed by atoms with van der Waals surface area (Å²) >= 11 is 0. The lowest BCUT2D eigenvalue weighted by Gasteiger charge is -2.27. The van der Waals surface area contributed by atoms with Gasteiger partial charge in [0.1, 0.15) is 30.5 Å². The minimum absolute atomic E-state index is 0.0514. The zero-order valence-corrected chi connectivity index (χ0v) is 28.0. The molecule has 0 saturated carbocycles. The Bertz CT molecular complexity index is 2200. The Morgan fingerprint density at radius 1 is 1.00 bits per heavy atom. The average Bonchev–Trinajstić information content (AvgIpc) is 3.81. The molecule has 2 aliphatic heterocycles. The number of anilines is 3. The Morgan fingerprint density at radius 2 is 1.80 bits per heavy atom. The number of benzene rings is 3. The molecule has 15 heteroatoms. The van der Waals surface area contributed by atoms with Gasteiger partial charge in [-0.3, -0.25) is 39.3 Å². The quantitative estimate of drug-likeness (QED) is 0.123. The molecule has 0 bridgehead atoms. The van der Waals surface area contributed by atoms with Crippen molar-refractivity contribution in [3.05, 3.63) is 90.1 Å². The van der Waals surface area contributed by atoms with Crippen molar-refractivity contribution in [2.75, 3.05) is 29.1 Å². The first-order valence-electron chi connectivity index (χ1n) is 16.3. The molecule has 0 aliphatic carbocycles. The number of hydrogen-bond acceptors (Lipinski definition) is 10. The predicted octanol–water partition coefficient (Wildman–Crippen LogP) is 4.85. The molecule has 1 atom stereocenters. The number of urea groups is 1. The van der Waals surface area contributed by atoms with Crippen LogP contribution in [0.2, 0.25) is 0 Å². The minimum Gasteiger partial charge on any atom is -0.492 e. The van der Waals surface area contributed by atoms with E-state index in [-0.39, 0.29) is 42.0 Å². The van der Waals surface area contributed by atoms with E-state index in [4.69, 9.17) is 9.15 Å². The second-order valence-corrected chi connectivity index (χ2v) is 13.1. The fraction of sp³-hybridized carbons (Fsp3) is 0.250. The van der Waals surface area contributed by atoms with Gasteiger partial charge < -0.3 is 19.8 Å². The lowest BCUT2D eigenvalue weighted by molar-refractivity contribution is -0.136. The van der Waals surface area contributed by atoms with Crippen molar-refractivity contribution in [2.24, 2.45) is 0 Å². The molecule has 0 spiro atoms. The molecule has 7 rings (SSSR count). The summed E-state index contributed by atoms with van der Waals surface area (Å²) < 4.78 is 13.5. The van der Waals surface area contributed by atoms with Crippen LogP contribution in [0, 0.1) is 0 Å². The van der Waals surface area contributed by atoms with E-state index >= 15 is 0 Å². The largest absolute Gasteiger partial charge is 0.492 e. The third-order valence-electron chi connectivity index (χ3n) is 8.54. The van der Waals surface area contributed by atoms with Gasteiger partial charge in [-0.1, -0.05) is 26.8 Å². The third-order valence-corrected chi connectivity index (χ3v) is 8.54. The standard InChI is InChI=1S/C36H34N8O7/c1-36(2,3)28-18-38-35(51-28)42-34(49)40-20-7-9-21(10-8-20)43-19-39-25-17-22(11-12-26(25)43)50-16-15-37-24-6-4-5-23-30(24)33(48)44(32(23)47)27-13-14-29(45)41-31(27)46/h4-12,17-19,27,37H,13-16H2,1-3H3,(H,41,45,46)(H2,38,40,42,49). The summed E-state index contributed by atoms with van der Waals surface area (Å²) in [6, 6.07) is 16.3. The van der Waals surface area contributed by atoms with Crippen LogP contribution in [0.4, 0.5) is 22.2 Å². The van der Waals surface area contributed by atoms with Gasteiger partial charge in [0.25, 0.3) is 11.8 Å². The number of nitrogens with one attached hydrogen (secondary N) is 4. The van der Waals surface area contributed by atoms with Gasteiger partial charge in [-0.05, 0) is 55.0 Å². The van der Waals surface area contributed by atoms with E-state index in [0.717, 1.165) is 16.1 Å². The third kappa shape index (κ3) is 6.60. The lowest BCUT2D eigenvalue weighted by atomic mass is 9.94. The molecule has 1 fully saturated rings. The summed E-state index contributed by atoms with van der Waals surface area (Å²) in [6.45, 7) is 6.53. The summed E-state index contributed by atoms with van der Waals surface area (Å²) in [5.74, 6) is -0.970. The number of piperidine rings is 1. The van der Waals surface area contributed by atoms with Crippen molar-refractivity contribution in [2.45, 2.75) is 45.1 Å². The monoisotopic (exact) mass is 690 g/mol. The van der Waals surface area contributed by atoms with Gasteiger partial charge in [0.05, 0.1) is 28.4 Å². The van der Waals surface area contributed by atoms with Crippen molar-refractivity contribution in [1.29, 1.82) is 0 Å². The van der Waals surface area contributed by atoms with Crippen LogP contribution in [0.15, 0.2) is 77.6 Å². The molecule has 6 amide bonds. The molecule has 51 heavy (non-hydrogen) atoms. The molecule has 260 valence electrons. The first-order chi connectivity index (χ1) is 24.5. The molecule has 4 heterocycles. The summed E-state index contributed by atoms with van der Waals surface area (Å²) in [5, 5.41) is 10.7. The van der Waals surface area contributed by atoms with Gasteiger partial charge in [0, 0.05) is 41.5 Å². The summed E-state index contributed by atoms with van der Waals surface area (Å²) in [6.07, 6.45) is 3.44. The first-order valence-corrected chi connectivity index (χ1v) is 16.3. The van der Waals surface area contributed by atoms with E-state index in [1.165, 1.54) is 0 Å². The number of hydrogen-bond donors (Lipinski definition) is 4. The molecule has 1 unspecified atom stereocenters. The molecule has 15 nitrogen and oxygen atoms in total. The Balaban J connectivity index is 0.941. The maximum Gasteiger partial charge on any atom is 0.327 e. The number of amides is 6. The lowest BCUT2D eigenvalue weighted by Crippen LogP contribution is -2.54. The zero-order valence-electron chi connectivity index (χ0n) is 28.0. The van der Waals surface area contributed by atoms with Crippen LogP contribution in [0.5, 0.6) is 5.75 Å². The van der Waals surface area contributed by atoms with Gasteiger partial charge in [-0.15, -0.1) is 0 Å². The van der Waals surface area contributed by atoms with Crippen LogP contribution in [0.25, 0.3) is 16.7 Å². The van der Waals surface area contributed by atoms with Crippen LogP contribution >= 0.6 is 0 Å². The zero-order chi connectivity index (χ0) is 35.9. The number of nitrogens with zero attached hydrogens (tertiary/aromatic N) is 4. The van der Waals surface area contributed by atoms with Crippen molar-refractivity contribution in [1.82, 2.24) is 24.8 Å². The highest BCUT2D eigenvalue weighted by Gasteiger charge is 2.45. The van der Waals surface area contributed by atoms with Gasteiger partial charge in [0.2, 0.25) is 11.8 Å². The molecular weight excluding hydrogens is 656 g/mol. The van der Waals surface area contributed by atoms with E-state index in [0.29, 0.717) is 34.9 Å². The van der Waals surface area contributed by atoms with E-state index in [1.54, 1.807) is 42.9 Å². The van der Waals surface area contributed by atoms with Gasteiger partial charge in [-0.2, -0.15) is 0 Å². The van der Waals surface area contributed by atoms with E-state index in [9.17, 15) is 24.0 Å². The molecule has 0 radical (unpaired) electrons. The number of imidazole rings is 1. The van der Waals surface area contributed by atoms with Crippen LogP contribution in [-0.4, -0.2) is 68.3 Å². The molecule has 3 aromatic carbocycles. The van der Waals surface area contributed by atoms with E-state index < -0.39 is 35.7 Å². The maximum absolute atomic E-state index is 13.3. The van der Waals surface area contributed by atoms with Crippen LogP contribution in [-0.2, 0) is 15.0 Å². The smallest absolute Gasteiger partial charge is 0.327 e. The molecule has 4 N–H and O–H groups in total. The number of imide groups is 2. The highest BCUT2D eigenvalue weighted by molar-refractivity contribution is 6.25. The number of carbonyl (C=O) groups is 5. The SMILES string of the molecule is CC(C)(C)c1cnc(NC(=O)Nc2ccc(-n3cnc4cc(OCCNc5cccc6c5C(=O)N(C5CCC(=O)NC5=O)C6=O)ccc43)cc2)o1. The van der Waals surface area contributed by atoms with Crippen molar-refractivity contribution in [3.63, 3.8) is 0 Å². The number of carbonyl (C=O) groups excluding carboxylic acids is 5. The van der Waals surface area contributed by atoms with E-state index in [1.807, 2.05) is 55.7 Å².